The molecule has 0 saturated carbocycles. The topological polar surface area (TPSA) is 64.6 Å². The molecule has 0 bridgehead atoms. The lowest BCUT2D eigenvalue weighted by atomic mass is 10.1. The summed E-state index contributed by atoms with van der Waals surface area (Å²) in [5.41, 5.74) is 0.380. The van der Waals surface area contributed by atoms with Crippen LogP contribution < -0.4 is 10.1 Å². The predicted octanol–water partition coefficient (Wildman–Crippen LogP) is 0.986. The van der Waals surface area contributed by atoms with Gasteiger partial charge in [-0.2, -0.15) is 0 Å². The first-order chi connectivity index (χ1) is 8.10. The van der Waals surface area contributed by atoms with Crippen LogP contribution in [-0.2, 0) is 9.53 Å². The zero-order chi connectivity index (χ0) is 12.8. The molecule has 1 aromatic rings. The van der Waals surface area contributed by atoms with E-state index in [4.69, 9.17) is 4.74 Å². The van der Waals surface area contributed by atoms with Gasteiger partial charge in [0.1, 0.15) is 11.8 Å². The van der Waals surface area contributed by atoms with Crippen molar-refractivity contribution in [3.8, 4) is 5.75 Å². The summed E-state index contributed by atoms with van der Waals surface area (Å²) in [5.74, 6) is -0.407. The number of esters is 1. The zero-order valence-corrected chi connectivity index (χ0v) is 10.0. The van der Waals surface area contributed by atoms with Crippen molar-refractivity contribution in [1.82, 2.24) is 5.32 Å². The molecule has 1 amide bonds. The van der Waals surface area contributed by atoms with Gasteiger partial charge in [0.25, 0.3) is 5.91 Å². The van der Waals surface area contributed by atoms with Crippen molar-refractivity contribution >= 4 is 11.9 Å². The molecule has 0 aliphatic carbocycles. The summed E-state index contributed by atoms with van der Waals surface area (Å²) in [6.45, 7) is 1.55. The number of benzene rings is 1. The number of hydrogen-bond donors (Lipinski definition) is 1. The molecule has 0 spiro atoms. The summed E-state index contributed by atoms with van der Waals surface area (Å²) in [5, 5.41) is 2.53. The Morgan fingerprint density at radius 3 is 2.47 bits per heavy atom. The van der Waals surface area contributed by atoms with E-state index in [0.717, 1.165) is 0 Å². The number of ether oxygens (including phenoxy) is 2. The standard InChI is InChI=1S/C12H15NO4/c1-8(12(15)17-3)13-11(14)9-6-4-5-7-10(9)16-2/h4-8H,1-3H3,(H,13,14). The number of methoxy groups -OCH3 is 2. The SMILES string of the molecule is COC(=O)C(C)NC(=O)c1ccccc1OC. The highest BCUT2D eigenvalue weighted by Crippen LogP contribution is 2.16. The first kappa shape index (κ1) is 13.0. The van der Waals surface area contributed by atoms with Gasteiger partial charge < -0.3 is 14.8 Å². The van der Waals surface area contributed by atoms with E-state index in [-0.39, 0.29) is 5.91 Å². The average molecular weight is 237 g/mol. The lowest BCUT2D eigenvalue weighted by molar-refractivity contribution is -0.142. The van der Waals surface area contributed by atoms with E-state index in [0.29, 0.717) is 11.3 Å². The average Bonchev–Trinajstić information content (AvgIpc) is 2.37. The predicted molar refractivity (Wildman–Crippen MR) is 61.9 cm³/mol. The first-order valence-corrected chi connectivity index (χ1v) is 5.12. The molecule has 0 saturated heterocycles. The van der Waals surface area contributed by atoms with Gasteiger partial charge in [0.2, 0.25) is 0 Å². The summed E-state index contributed by atoms with van der Waals surface area (Å²) < 4.78 is 9.58. The van der Waals surface area contributed by atoms with Crippen molar-refractivity contribution in [3.63, 3.8) is 0 Å². The number of amides is 1. The van der Waals surface area contributed by atoms with Crippen LogP contribution in [0, 0.1) is 0 Å². The van der Waals surface area contributed by atoms with Crippen LogP contribution in [0.25, 0.3) is 0 Å². The maximum atomic E-state index is 11.9. The Kier molecular flexibility index (Phi) is 4.51. The Hall–Kier alpha value is -2.04. The highest BCUT2D eigenvalue weighted by molar-refractivity contribution is 5.98. The second kappa shape index (κ2) is 5.89. The number of carbonyl (C=O) groups is 2. The van der Waals surface area contributed by atoms with Crippen LogP contribution in [0.5, 0.6) is 5.75 Å². The molecule has 1 atom stereocenters. The molecule has 92 valence electrons. The van der Waals surface area contributed by atoms with Gasteiger partial charge in [-0.15, -0.1) is 0 Å². The van der Waals surface area contributed by atoms with E-state index in [1.165, 1.54) is 14.2 Å². The van der Waals surface area contributed by atoms with Crippen LogP contribution in [-0.4, -0.2) is 32.1 Å². The molecule has 0 radical (unpaired) electrons. The number of rotatable bonds is 4. The van der Waals surface area contributed by atoms with Crippen LogP contribution in [0.3, 0.4) is 0 Å². The highest BCUT2D eigenvalue weighted by Gasteiger charge is 2.18. The van der Waals surface area contributed by atoms with Gasteiger partial charge in [-0.25, -0.2) is 4.79 Å². The Labute approximate surface area is 99.7 Å². The van der Waals surface area contributed by atoms with Gasteiger partial charge in [-0.05, 0) is 19.1 Å². The molecule has 1 N–H and O–H groups in total. The van der Waals surface area contributed by atoms with E-state index in [9.17, 15) is 9.59 Å². The molecular formula is C12H15NO4. The number of carbonyl (C=O) groups excluding carboxylic acids is 2. The fourth-order valence-electron chi connectivity index (χ4n) is 1.34. The van der Waals surface area contributed by atoms with Crippen LogP contribution in [0.15, 0.2) is 24.3 Å². The van der Waals surface area contributed by atoms with E-state index < -0.39 is 12.0 Å². The monoisotopic (exact) mass is 237 g/mol. The number of nitrogens with one attached hydrogen (secondary N) is 1. The molecule has 0 aliphatic rings. The van der Waals surface area contributed by atoms with Crippen molar-refractivity contribution in [2.24, 2.45) is 0 Å². The van der Waals surface area contributed by atoms with Crippen molar-refractivity contribution in [2.45, 2.75) is 13.0 Å². The molecule has 0 aliphatic heterocycles. The molecular weight excluding hydrogens is 222 g/mol. The van der Waals surface area contributed by atoms with Gasteiger partial charge in [-0.3, -0.25) is 4.79 Å². The maximum absolute atomic E-state index is 11.9. The van der Waals surface area contributed by atoms with Gasteiger partial charge in [-0.1, -0.05) is 12.1 Å². The number of hydrogen-bond acceptors (Lipinski definition) is 4. The van der Waals surface area contributed by atoms with Crippen molar-refractivity contribution in [3.05, 3.63) is 29.8 Å². The van der Waals surface area contributed by atoms with E-state index in [1.54, 1.807) is 31.2 Å². The highest BCUT2D eigenvalue weighted by atomic mass is 16.5. The third kappa shape index (κ3) is 3.21. The third-order valence-electron chi connectivity index (χ3n) is 2.25. The molecule has 1 rings (SSSR count). The van der Waals surface area contributed by atoms with E-state index in [2.05, 4.69) is 10.1 Å². The molecule has 5 nitrogen and oxygen atoms in total. The first-order valence-electron chi connectivity index (χ1n) is 5.12. The van der Waals surface area contributed by atoms with Gasteiger partial charge >= 0.3 is 5.97 Å². The Morgan fingerprint density at radius 1 is 1.24 bits per heavy atom. The van der Waals surface area contributed by atoms with Crippen LogP contribution in [0.2, 0.25) is 0 Å². The van der Waals surface area contributed by atoms with Crippen LogP contribution in [0.4, 0.5) is 0 Å². The second-order valence-corrected chi connectivity index (χ2v) is 3.42. The summed E-state index contributed by atoms with van der Waals surface area (Å²) in [6.07, 6.45) is 0. The maximum Gasteiger partial charge on any atom is 0.328 e. The van der Waals surface area contributed by atoms with Crippen molar-refractivity contribution in [1.29, 1.82) is 0 Å². The van der Waals surface area contributed by atoms with Crippen LogP contribution in [0.1, 0.15) is 17.3 Å². The summed E-state index contributed by atoms with van der Waals surface area (Å²) in [7, 11) is 2.75. The lowest BCUT2D eigenvalue weighted by Gasteiger charge is -2.13. The minimum absolute atomic E-state index is 0.375. The van der Waals surface area contributed by atoms with Crippen molar-refractivity contribution in [2.75, 3.05) is 14.2 Å². The smallest absolute Gasteiger partial charge is 0.328 e. The van der Waals surface area contributed by atoms with Crippen molar-refractivity contribution < 1.29 is 19.1 Å². The minimum atomic E-state index is -0.697. The second-order valence-electron chi connectivity index (χ2n) is 3.42. The summed E-state index contributed by atoms with van der Waals surface area (Å²) in [6, 6.07) is 6.09. The molecule has 0 aromatic heterocycles. The van der Waals surface area contributed by atoms with Gasteiger partial charge in [0.15, 0.2) is 0 Å². The van der Waals surface area contributed by atoms with E-state index >= 15 is 0 Å². The summed E-state index contributed by atoms with van der Waals surface area (Å²) in [4.78, 5) is 23.0. The molecule has 17 heavy (non-hydrogen) atoms. The van der Waals surface area contributed by atoms with Gasteiger partial charge in [0.05, 0.1) is 19.8 Å². The zero-order valence-electron chi connectivity index (χ0n) is 10.0. The molecule has 0 fully saturated rings. The largest absolute Gasteiger partial charge is 0.496 e. The molecule has 1 aromatic carbocycles. The number of para-hydroxylation sites is 1. The lowest BCUT2D eigenvalue weighted by Crippen LogP contribution is -2.39. The Bertz CT molecular complexity index is 417. The fourth-order valence-corrected chi connectivity index (χ4v) is 1.34. The quantitative estimate of drug-likeness (QED) is 0.793. The Balaban J connectivity index is 2.79. The van der Waals surface area contributed by atoms with E-state index in [1.807, 2.05) is 0 Å². The minimum Gasteiger partial charge on any atom is -0.496 e. The third-order valence-corrected chi connectivity index (χ3v) is 2.25. The fraction of sp³-hybridized carbons (Fsp3) is 0.333. The summed E-state index contributed by atoms with van der Waals surface area (Å²) >= 11 is 0. The van der Waals surface area contributed by atoms with Gasteiger partial charge in [0, 0.05) is 0 Å². The normalized spacial score (nSPS) is 11.5. The molecule has 1 unspecified atom stereocenters. The molecule has 5 heteroatoms. The molecule has 0 heterocycles. The van der Waals surface area contributed by atoms with Crippen LogP contribution >= 0.6 is 0 Å². The Morgan fingerprint density at radius 2 is 1.88 bits per heavy atom.